The van der Waals surface area contributed by atoms with Crippen LogP contribution in [0.5, 0.6) is 0 Å². The standard InChI is InChI=1S/C11H9ClN2O4/c12-8-3-1-7(2-4-8)11-14-13-9(18-11)5-17-6-10(15)16/h1-4H,5-6H2,(H,15,16). The number of carboxylic acids is 1. The summed E-state index contributed by atoms with van der Waals surface area (Å²) in [6.45, 7) is -0.439. The summed E-state index contributed by atoms with van der Waals surface area (Å²) >= 11 is 5.76. The van der Waals surface area contributed by atoms with Gasteiger partial charge in [-0.1, -0.05) is 11.6 Å². The maximum absolute atomic E-state index is 10.2. The van der Waals surface area contributed by atoms with Crippen molar-refractivity contribution < 1.29 is 19.1 Å². The number of aromatic nitrogens is 2. The fourth-order valence-corrected chi connectivity index (χ4v) is 1.37. The lowest BCUT2D eigenvalue weighted by Gasteiger charge is -1.96. The number of aliphatic carboxylic acids is 1. The van der Waals surface area contributed by atoms with Crippen LogP contribution in [0, 0.1) is 0 Å². The van der Waals surface area contributed by atoms with Crippen molar-refractivity contribution in [3.63, 3.8) is 0 Å². The van der Waals surface area contributed by atoms with Gasteiger partial charge in [0.15, 0.2) is 0 Å². The zero-order valence-corrected chi connectivity index (χ0v) is 9.92. The molecule has 7 heteroatoms. The first-order valence-corrected chi connectivity index (χ1v) is 5.41. The third-order valence-electron chi connectivity index (χ3n) is 2.01. The summed E-state index contributed by atoms with van der Waals surface area (Å²) < 4.78 is 10.1. The molecule has 0 atom stereocenters. The molecule has 0 saturated heterocycles. The first-order chi connectivity index (χ1) is 8.65. The number of hydrogen-bond acceptors (Lipinski definition) is 5. The van der Waals surface area contributed by atoms with E-state index in [1.807, 2.05) is 0 Å². The Morgan fingerprint density at radius 1 is 1.33 bits per heavy atom. The topological polar surface area (TPSA) is 85.5 Å². The summed E-state index contributed by atoms with van der Waals surface area (Å²) in [5.41, 5.74) is 0.733. The van der Waals surface area contributed by atoms with E-state index in [-0.39, 0.29) is 12.5 Å². The second kappa shape index (κ2) is 5.61. The van der Waals surface area contributed by atoms with Gasteiger partial charge in [0.05, 0.1) is 0 Å². The number of carbonyl (C=O) groups is 1. The van der Waals surface area contributed by atoms with Crippen molar-refractivity contribution >= 4 is 17.6 Å². The molecule has 0 saturated carbocycles. The highest BCUT2D eigenvalue weighted by Crippen LogP contribution is 2.20. The van der Waals surface area contributed by atoms with Gasteiger partial charge in [-0.25, -0.2) is 4.79 Å². The Bertz CT molecular complexity index is 538. The van der Waals surface area contributed by atoms with Gasteiger partial charge in [0.25, 0.3) is 0 Å². The number of halogens is 1. The van der Waals surface area contributed by atoms with Crippen LogP contribution in [0.3, 0.4) is 0 Å². The minimum Gasteiger partial charge on any atom is -0.480 e. The van der Waals surface area contributed by atoms with Gasteiger partial charge in [-0.2, -0.15) is 0 Å². The fraction of sp³-hybridized carbons (Fsp3) is 0.182. The minimum atomic E-state index is -1.05. The van der Waals surface area contributed by atoms with Crippen molar-refractivity contribution in [1.29, 1.82) is 0 Å². The highest BCUT2D eigenvalue weighted by Gasteiger charge is 2.09. The van der Waals surface area contributed by atoms with Crippen molar-refractivity contribution in [3.05, 3.63) is 35.2 Å². The molecule has 0 spiro atoms. The molecule has 6 nitrogen and oxygen atoms in total. The molecule has 1 N–H and O–H groups in total. The first kappa shape index (κ1) is 12.5. The van der Waals surface area contributed by atoms with E-state index in [9.17, 15) is 4.79 Å². The number of rotatable bonds is 5. The summed E-state index contributed by atoms with van der Waals surface area (Å²) in [6.07, 6.45) is 0. The van der Waals surface area contributed by atoms with Crippen molar-refractivity contribution in [2.45, 2.75) is 6.61 Å². The lowest BCUT2D eigenvalue weighted by atomic mass is 10.2. The van der Waals surface area contributed by atoms with E-state index in [2.05, 4.69) is 10.2 Å². The van der Waals surface area contributed by atoms with E-state index in [1.54, 1.807) is 24.3 Å². The first-order valence-electron chi connectivity index (χ1n) is 5.03. The molecule has 2 aromatic rings. The van der Waals surface area contributed by atoms with Crippen molar-refractivity contribution in [3.8, 4) is 11.5 Å². The maximum Gasteiger partial charge on any atom is 0.329 e. The molecular formula is C11H9ClN2O4. The highest BCUT2D eigenvalue weighted by molar-refractivity contribution is 6.30. The van der Waals surface area contributed by atoms with E-state index >= 15 is 0 Å². The predicted molar refractivity (Wildman–Crippen MR) is 62.0 cm³/mol. The van der Waals surface area contributed by atoms with Gasteiger partial charge in [-0.05, 0) is 24.3 Å². The van der Waals surface area contributed by atoms with Crippen LogP contribution in [-0.2, 0) is 16.1 Å². The van der Waals surface area contributed by atoms with Crippen LogP contribution in [0.1, 0.15) is 5.89 Å². The Morgan fingerprint density at radius 3 is 2.72 bits per heavy atom. The van der Waals surface area contributed by atoms with E-state index in [1.165, 1.54) is 0 Å². The maximum atomic E-state index is 10.2. The fourth-order valence-electron chi connectivity index (χ4n) is 1.25. The second-order valence-corrected chi connectivity index (χ2v) is 3.83. The number of hydrogen-bond donors (Lipinski definition) is 1. The predicted octanol–water partition coefficient (Wildman–Crippen LogP) is 1.99. The summed E-state index contributed by atoms with van der Waals surface area (Å²) in [4.78, 5) is 10.2. The third kappa shape index (κ3) is 3.28. The molecule has 0 amide bonds. The summed E-state index contributed by atoms with van der Waals surface area (Å²) in [5.74, 6) is -0.491. The number of nitrogens with zero attached hydrogens (tertiary/aromatic N) is 2. The lowest BCUT2D eigenvalue weighted by Crippen LogP contribution is -2.06. The van der Waals surface area contributed by atoms with Crippen LogP contribution in [0.25, 0.3) is 11.5 Å². The van der Waals surface area contributed by atoms with Crippen molar-refractivity contribution in [1.82, 2.24) is 10.2 Å². The Labute approximate surface area is 107 Å². The molecule has 2 rings (SSSR count). The second-order valence-electron chi connectivity index (χ2n) is 3.39. The molecule has 0 unspecified atom stereocenters. The number of benzene rings is 1. The third-order valence-corrected chi connectivity index (χ3v) is 2.26. The zero-order chi connectivity index (χ0) is 13.0. The summed E-state index contributed by atoms with van der Waals surface area (Å²) in [7, 11) is 0. The van der Waals surface area contributed by atoms with Crippen LogP contribution in [0.15, 0.2) is 28.7 Å². The minimum absolute atomic E-state index is 0.0348. The van der Waals surface area contributed by atoms with Gasteiger partial charge in [-0.3, -0.25) is 0 Å². The van der Waals surface area contributed by atoms with Crippen LogP contribution in [0.4, 0.5) is 0 Å². The van der Waals surface area contributed by atoms with E-state index in [4.69, 9.17) is 25.9 Å². The average molecular weight is 269 g/mol. The lowest BCUT2D eigenvalue weighted by molar-refractivity contribution is -0.142. The molecule has 0 bridgehead atoms. The molecule has 1 aromatic carbocycles. The Kier molecular flexibility index (Phi) is 3.91. The molecule has 0 aliphatic heterocycles. The average Bonchev–Trinajstić information content (AvgIpc) is 2.78. The van der Waals surface area contributed by atoms with Gasteiger partial charge in [-0.15, -0.1) is 10.2 Å². The van der Waals surface area contributed by atoms with Crippen molar-refractivity contribution in [2.75, 3.05) is 6.61 Å². The largest absolute Gasteiger partial charge is 0.480 e. The molecule has 0 aliphatic rings. The number of ether oxygens (including phenoxy) is 1. The summed E-state index contributed by atoms with van der Waals surface area (Å²) in [6, 6.07) is 6.92. The van der Waals surface area contributed by atoms with Gasteiger partial charge in [0, 0.05) is 10.6 Å². The van der Waals surface area contributed by atoms with E-state index in [0.717, 1.165) is 5.56 Å². The normalized spacial score (nSPS) is 10.5. The molecule has 0 radical (unpaired) electrons. The Balaban J connectivity index is 2.01. The molecule has 1 aromatic heterocycles. The molecular weight excluding hydrogens is 260 g/mol. The van der Waals surface area contributed by atoms with Crippen molar-refractivity contribution in [2.24, 2.45) is 0 Å². The Hall–Kier alpha value is -1.92. The van der Waals surface area contributed by atoms with Crippen LogP contribution in [0.2, 0.25) is 5.02 Å². The zero-order valence-electron chi connectivity index (χ0n) is 9.17. The molecule has 1 heterocycles. The quantitative estimate of drug-likeness (QED) is 0.892. The molecule has 0 fully saturated rings. The highest BCUT2D eigenvalue weighted by atomic mass is 35.5. The van der Waals surface area contributed by atoms with Gasteiger partial charge in [0.2, 0.25) is 11.8 Å². The van der Waals surface area contributed by atoms with Crippen LogP contribution < -0.4 is 0 Å². The van der Waals surface area contributed by atoms with Crippen LogP contribution in [-0.4, -0.2) is 27.9 Å². The van der Waals surface area contributed by atoms with Gasteiger partial charge in [0.1, 0.15) is 13.2 Å². The molecule has 18 heavy (non-hydrogen) atoms. The van der Waals surface area contributed by atoms with E-state index < -0.39 is 12.6 Å². The molecule has 94 valence electrons. The SMILES string of the molecule is O=C(O)COCc1nnc(-c2ccc(Cl)cc2)o1. The molecule has 0 aliphatic carbocycles. The monoisotopic (exact) mass is 268 g/mol. The Morgan fingerprint density at radius 2 is 2.06 bits per heavy atom. The van der Waals surface area contributed by atoms with Gasteiger partial charge < -0.3 is 14.3 Å². The van der Waals surface area contributed by atoms with Crippen LogP contribution >= 0.6 is 11.6 Å². The summed E-state index contributed by atoms with van der Waals surface area (Å²) in [5, 5.41) is 16.6. The van der Waals surface area contributed by atoms with Gasteiger partial charge >= 0.3 is 5.97 Å². The van der Waals surface area contributed by atoms with E-state index in [0.29, 0.717) is 10.9 Å². The number of carboxylic acid groups (broad SMARTS) is 1. The smallest absolute Gasteiger partial charge is 0.329 e.